The molecule has 0 spiro atoms. The second-order valence-electron chi connectivity index (χ2n) is 5.14. The lowest BCUT2D eigenvalue weighted by molar-refractivity contribution is -0.123. The van der Waals surface area contributed by atoms with Crippen molar-refractivity contribution in [3.63, 3.8) is 0 Å². The van der Waals surface area contributed by atoms with Gasteiger partial charge in [0.15, 0.2) is 12.4 Å². The maximum Gasteiger partial charge on any atom is 0.258 e. The summed E-state index contributed by atoms with van der Waals surface area (Å²) >= 11 is 0. The Labute approximate surface area is 130 Å². The monoisotopic (exact) mass is 297 g/mol. The minimum atomic E-state index is -0.200. The van der Waals surface area contributed by atoms with Crippen molar-refractivity contribution in [3.8, 4) is 5.75 Å². The molecule has 4 heteroatoms. The van der Waals surface area contributed by atoms with Crippen LogP contribution in [0.3, 0.4) is 0 Å². The summed E-state index contributed by atoms with van der Waals surface area (Å²) in [7, 11) is 0. The molecule has 4 nitrogen and oxygen atoms in total. The van der Waals surface area contributed by atoms with E-state index in [1.165, 1.54) is 12.5 Å². The Kier molecular flexibility index (Phi) is 5.31. The number of amides is 1. The zero-order valence-corrected chi connectivity index (χ0v) is 12.8. The summed E-state index contributed by atoms with van der Waals surface area (Å²) in [6, 6.07) is 14.8. The first-order chi connectivity index (χ1) is 10.5. The van der Waals surface area contributed by atoms with Gasteiger partial charge in [0.05, 0.1) is 0 Å². The van der Waals surface area contributed by atoms with Gasteiger partial charge in [-0.3, -0.25) is 9.59 Å². The topological polar surface area (TPSA) is 55.4 Å². The number of rotatable bonds is 6. The Morgan fingerprint density at radius 3 is 2.50 bits per heavy atom. The van der Waals surface area contributed by atoms with Crippen LogP contribution in [0.4, 0.5) is 0 Å². The first-order valence-electron chi connectivity index (χ1n) is 7.10. The molecule has 0 unspecified atom stereocenters. The van der Waals surface area contributed by atoms with E-state index in [-0.39, 0.29) is 18.3 Å². The molecular weight excluding hydrogens is 278 g/mol. The zero-order chi connectivity index (χ0) is 15.9. The van der Waals surface area contributed by atoms with Gasteiger partial charge in [0.1, 0.15) is 5.75 Å². The molecule has 22 heavy (non-hydrogen) atoms. The third kappa shape index (κ3) is 4.74. The summed E-state index contributed by atoms with van der Waals surface area (Å²) in [5, 5.41) is 2.80. The van der Waals surface area contributed by atoms with E-state index in [0.717, 1.165) is 5.56 Å². The highest BCUT2D eigenvalue weighted by Gasteiger charge is 2.05. The standard InChI is InChI=1S/C18H19NO3/c1-13-6-8-15(9-7-13)11-19-18(21)12-22-17-5-3-4-16(10-17)14(2)20/h3-10H,11-12H2,1-2H3,(H,19,21). The van der Waals surface area contributed by atoms with Crippen LogP contribution in [0.25, 0.3) is 0 Å². The van der Waals surface area contributed by atoms with E-state index in [1.807, 2.05) is 31.2 Å². The van der Waals surface area contributed by atoms with Crippen molar-refractivity contribution in [2.45, 2.75) is 20.4 Å². The van der Waals surface area contributed by atoms with E-state index >= 15 is 0 Å². The zero-order valence-electron chi connectivity index (χ0n) is 12.8. The lowest BCUT2D eigenvalue weighted by Crippen LogP contribution is -2.28. The molecule has 2 rings (SSSR count). The number of hydrogen-bond acceptors (Lipinski definition) is 3. The number of aryl methyl sites for hydroxylation is 1. The number of benzene rings is 2. The average Bonchev–Trinajstić information content (AvgIpc) is 2.52. The summed E-state index contributed by atoms with van der Waals surface area (Å²) in [4.78, 5) is 23.1. The molecule has 1 amide bonds. The smallest absolute Gasteiger partial charge is 0.258 e. The normalized spacial score (nSPS) is 10.1. The predicted octanol–water partition coefficient (Wildman–Crippen LogP) is 2.89. The second kappa shape index (κ2) is 7.41. The lowest BCUT2D eigenvalue weighted by atomic mass is 10.1. The molecule has 2 aromatic rings. The van der Waals surface area contributed by atoms with Gasteiger partial charge in [-0.25, -0.2) is 0 Å². The summed E-state index contributed by atoms with van der Waals surface area (Å²) in [6.07, 6.45) is 0. The van der Waals surface area contributed by atoms with E-state index in [9.17, 15) is 9.59 Å². The number of ketones is 1. The van der Waals surface area contributed by atoms with Crippen LogP contribution in [0.15, 0.2) is 48.5 Å². The quantitative estimate of drug-likeness (QED) is 0.834. The van der Waals surface area contributed by atoms with Crippen molar-refractivity contribution in [1.29, 1.82) is 0 Å². The maximum atomic E-state index is 11.8. The highest BCUT2D eigenvalue weighted by Crippen LogP contribution is 2.13. The van der Waals surface area contributed by atoms with Gasteiger partial charge in [-0.1, -0.05) is 42.0 Å². The molecule has 0 fully saturated rings. The van der Waals surface area contributed by atoms with Gasteiger partial charge >= 0.3 is 0 Å². The van der Waals surface area contributed by atoms with Crippen molar-refractivity contribution in [2.75, 3.05) is 6.61 Å². The van der Waals surface area contributed by atoms with Crippen molar-refractivity contribution >= 4 is 11.7 Å². The van der Waals surface area contributed by atoms with Gasteiger partial charge in [0.25, 0.3) is 5.91 Å². The van der Waals surface area contributed by atoms with Crippen LogP contribution < -0.4 is 10.1 Å². The van der Waals surface area contributed by atoms with E-state index < -0.39 is 0 Å². The predicted molar refractivity (Wildman–Crippen MR) is 85.0 cm³/mol. The molecule has 0 aliphatic heterocycles. The van der Waals surface area contributed by atoms with Crippen LogP contribution in [0.5, 0.6) is 5.75 Å². The van der Waals surface area contributed by atoms with E-state index in [4.69, 9.17) is 4.74 Å². The Hall–Kier alpha value is -2.62. The molecule has 2 aromatic carbocycles. The fourth-order valence-electron chi connectivity index (χ4n) is 1.91. The molecule has 0 bridgehead atoms. The highest BCUT2D eigenvalue weighted by molar-refractivity contribution is 5.94. The van der Waals surface area contributed by atoms with Crippen LogP contribution in [0.2, 0.25) is 0 Å². The Bertz CT molecular complexity index is 662. The fourth-order valence-corrected chi connectivity index (χ4v) is 1.91. The van der Waals surface area contributed by atoms with Crippen molar-refractivity contribution in [3.05, 3.63) is 65.2 Å². The number of carbonyl (C=O) groups is 2. The van der Waals surface area contributed by atoms with Crippen LogP contribution in [0.1, 0.15) is 28.4 Å². The Balaban J connectivity index is 1.81. The second-order valence-corrected chi connectivity index (χ2v) is 5.14. The first-order valence-corrected chi connectivity index (χ1v) is 7.10. The molecule has 1 N–H and O–H groups in total. The molecule has 0 aliphatic carbocycles. The summed E-state index contributed by atoms with van der Waals surface area (Å²) < 4.78 is 5.40. The van der Waals surface area contributed by atoms with Gasteiger partial charge in [-0.05, 0) is 31.5 Å². The summed E-state index contributed by atoms with van der Waals surface area (Å²) in [5.74, 6) is 0.279. The van der Waals surface area contributed by atoms with E-state index in [0.29, 0.717) is 17.9 Å². The number of ether oxygens (including phenoxy) is 1. The molecule has 0 saturated carbocycles. The summed E-state index contributed by atoms with van der Waals surface area (Å²) in [6.45, 7) is 3.90. The molecule has 0 aromatic heterocycles. The molecule has 0 saturated heterocycles. The molecule has 0 atom stereocenters. The lowest BCUT2D eigenvalue weighted by Gasteiger charge is -2.08. The van der Waals surface area contributed by atoms with E-state index in [2.05, 4.69) is 5.32 Å². The molecule has 0 radical (unpaired) electrons. The van der Waals surface area contributed by atoms with Crippen molar-refractivity contribution in [1.82, 2.24) is 5.32 Å². The van der Waals surface area contributed by atoms with Crippen LogP contribution >= 0.6 is 0 Å². The number of nitrogens with one attached hydrogen (secondary N) is 1. The van der Waals surface area contributed by atoms with Crippen LogP contribution in [0, 0.1) is 6.92 Å². The van der Waals surface area contributed by atoms with Gasteiger partial charge in [0.2, 0.25) is 0 Å². The minimum absolute atomic E-state index is 0.0331. The van der Waals surface area contributed by atoms with Gasteiger partial charge < -0.3 is 10.1 Å². The van der Waals surface area contributed by atoms with Gasteiger partial charge in [0, 0.05) is 12.1 Å². The SMILES string of the molecule is CC(=O)c1cccc(OCC(=O)NCc2ccc(C)cc2)c1. The highest BCUT2D eigenvalue weighted by atomic mass is 16.5. The minimum Gasteiger partial charge on any atom is -0.484 e. The molecule has 114 valence electrons. The third-order valence-corrected chi connectivity index (χ3v) is 3.22. The number of Topliss-reactive ketones (excluding diaryl/α,β-unsaturated/α-hetero) is 1. The fraction of sp³-hybridized carbons (Fsp3) is 0.222. The number of carbonyl (C=O) groups excluding carboxylic acids is 2. The Morgan fingerprint density at radius 2 is 1.82 bits per heavy atom. The summed E-state index contributed by atoms with van der Waals surface area (Å²) in [5.41, 5.74) is 2.79. The third-order valence-electron chi connectivity index (χ3n) is 3.22. The maximum absolute atomic E-state index is 11.8. The van der Waals surface area contributed by atoms with Crippen molar-refractivity contribution < 1.29 is 14.3 Å². The van der Waals surface area contributed by atoms with Crippen LogP contribution in [-0.4, -0.2) is 18.3 Å². The average molecular weight is 297 g/mol. The van der Waals surface area contributed by atoms with E-state index in [1.54, 1.807) is 24.3 Å². The number of hydrogen-bond donors (Lipinski definition) is 1. The van der Waals surface area contributed by atoms with Crippen LogP contribution in [-0.2, 0) is 11.3 Å². The van der Waals surface area contributed by atoms with Crippen molar-refractivity contribution in [2.24, 2.45) is 0 Å². The molecule has 0 heterocycles. The van der Waals surface area contributed by atoms with Gasteiger partial charge in [-0.15, -0.1) is 0 Å². The Morgan fingerprint density at radius 1 is 1.09 bits per heavy atom. The molecular formula is C18H19NO3. The van der Waals surface area contributed by atoms with Gasteiger partial charge in [-0.2, -0.15) is 0 Å². The largest absolute Gasteiger partial charge is 0.484 e. The molecule has 0 aliphatic rings. The first kappa shape index (κ1) is 15.8.